The number of nitrogens with zero attached hydrogens (tertiary/aromatic N) is 7. The highest BCUT2D eigenvalue weighted by molar-refractivity contribution is 9.10. The molecule has 88 heavy (non-hydrogen) atoms. The van der Waals surface area contributed by atoms with Crippen LogP contribution in [-0.2, 0) is 51.6 Å². The summed E-state index contributed by atoms with van der Waals surface area (Å²) in [6, 6.07) is 38.8. The molecule has 0 radical (unpaired) electrons. The Morgan fingerprint density at radius 3 is 1.34 bits per heavy atom. The van der Waals surface area contributed by atoms with Gasteiger partial charge in [-0.1, -0.05) is 151 Å². The molecular weight excluding hydrogens is 1280 g/mol. The van der Waals surface area contributed by atoms with E-state index in [-0.39, 0.29) is 45.5 Å². The monoisotopic (exact) mass is 1350 g/mol. The van der Waals surface area contributed by atoms with Gasteiger partial charge in [0, 0.05) is 56.5 Å². The van der Waals surface area contributed by atoms with Crippen molar-refractivity contribution in [1.29, 1.82) is 0 Å². The molecule has 8 atom stereocenters. The van der Waals surface area contributed by atoms with Gasteiger partial charge in [-0.25, -0.2) is 14.2 Å². The largest absolute Gasteiger partial charge is 0.456 e. The van der Waals surface area contributed by atoms with Crippen LogP contribution in [0.4, 0.5) is 5.69 Å². The Morgan fingerprint density at radius 2 is 0.932 bits per heavy atom. The van der Waals surface area contributed by atoms with Crippen molar-refractivity contribution in [3.63, 3.8) is 0 Å². The maximum atomic E-state index is 12.8. The van der Waals surface area contributed by atoms with Crippen molar-refractivity contribution < 1.29 is 52.3 Å². The fourth-order valence-corrected chi connectivity index (χ4v) is 15.8. The molecule has 0 unspecified atom stereocenters. The molecule has 0 saturated carbocycles. The highest BCUT2D eigenvalue weighted by Gasteiger charge is 2.50. The zero-order chi connectivity index (χ0) is 61.5. The molecule has 5 aliphatic heterocycles. The summed E-state index contributed by atoms with van der Waals surface area (Å²) >= 11 is 17.1. The summed E-state index contributed by atoms with van der Waals surface area (Å²) in [5.74, 6) is 1.38. The summed E-state index contributed by atoms with van der Waals surface area (Å²) in [6.45, 7) is 16.7. The number of halogens is 3. The standard InChI is InChI=1S/C34H41ClN4O6SSi.C30H33BrClN3O5Si/c1-47(2,3)17-14-42-21-39-33-27(36-34(39)45-29-20-44-31-28(40)19-43-32(29)31)18-26(35)30(37-33)24-8-6-22(7-9-24)23-10-12-25(13-11-23)38-46(41)15-4-5-16-46;1-41(2,3)13-12-37-17-35-29-23(33-30(35)40-25-16-39-27-24(36)15-38-28(25)27)14-22(32)26(34-29)20-6-4-18(5-7-20)19-8-10-21(31)11-9-19/h6-13,18,28-29,31-32,40H,4-5,14-17,19-21H2,1-3H3;4-11,14,24-25,27-28,36H,12-13,15-17H2,1-3H3/t28-,29-,31-,32-;24-,25-,27-,28-/m11/s1. The Hall–Kier alpha value is -5.16. The number of hydrogen-bond acceptors (Lipinski definition) is 16. The van der Waals surface area contributed by atoms with Gasteiger partial charge >= 0.3 is 12.0 Å². The minimum absolute atomic E-state index is 0.214. The van der Waals surface area contributed by atoms with Crippen molar-refractivity contribution in [3.05, 3.63) is 124 Å². The molecule has 2 N–H and O–H groups in total. The number of imidazole rings is 2. The van der Waals surface area contributed by atoms with Crippen molar-refractivity contribution in [2.45, 2.75) is 127 Å². The van der Waals surface area contributed by atoms with Crippen molar-refractivity contribution >= 4 is 93.0 Å². The summed E-state index contributed by atoms with van der Waals surface area (Å²) in [7, 11) is -4.65. The van der Waals surface area contributed by atoms with Gasteiger partial charge in [-0.15, -0.1) is 0 Å². The summed E-state index contributed by atoms with van der Waals surface area (Å²) in [6.07, 6.45) is -1.73. The number of aliphatic hydroxyl groups is 2. The number of ether oxygens (including phenoxy) is 8. The number of rotatable bonds is 19. The van der Waals surface area contributed by atoms with Crippen LogP contribution in [-0.4, -0.2) is 160 Å². The van der Waals surface area contributed by atoms with Crippen LogP contribution >= 0.6 is 39.1 Å². The first-order chi connectivity index (χ1) is 42.2. The molecule has 18 nitrogen and oxygen atoms in total. The molecule has 466 valence electrons. The van der Waals surface area contributed by atoms with E-state index in [4.69, 9.17) is 81.0 Å². The van der Waals surface area contributed by atoms with E-state index in [0.717, 1.165) is 68.5 Å². The lowest BCUT2D eigenvalue weighted by Gasteiger charge is -2.19. The molecule has 13 rings (SSSR count). The molecule has 9 heterocycles. The lowest BCUT2D eigenvalue weighted by atomic mass is 10.0. The van der Waals surface area contributed by atoms with Gasteiger partial charge < -0.3 is 48.1 Å². The zero-order valence-corrected chi connectivity index (χ0v) is 56.1. The predicted octanol–water partition coefficient (Wildman–Crippen LogP) is 12.9. The molecule has 5 fully saturated rings. The fourth-order valence-electron chi connectivity index (χ4n) is 11.3. The Labute approximate surface area is 533 Å². The van der Waals surface area contributed by atoms with Gasteiger partial charge in [0.25, 0.3) is 0 Å². The molecule has 5 saturated heterocycles. The number of hydrogen-bond donors (Lipinski definition) is 2. The number of aliphatic hydroxyl groups excluding tert-OH is 2. The average molecular weight is 1360 g/mol. The minimum atomic E-state index is -2.10. The van der Waals surface area contributed by atoms with E-state index >= 15 is 0 Å². The predicted molar refractivity (Wildman–Crippen MR) is 352 cm³/mol. The molecule has 5 aliphatic rings. The number of fused-ring (bicyclic) bond motifs is 4. The molecule has 0 bridgehead atoms. The van der Waals surface area contributed by atoms with Crippen LogP contribution < -0.4 is 9.47 Å². The molecule has 4 aromatic carbocycles. The third-order valence-corrected chi connectivity index (χ3v) is 23.2. The first kappa shape index (κ1) is 63.0. The van der Waals surface area contributed by atoms with Gasteiger partial charge in [0.05, 0.1) is 63.3 Å². The molecular formula is C64H74BrCl2N7O11SSi2. The summed E-state index contributed by atoms with van der Waals surface area (Å²) < 4.78 is 70.2. The average Bonchev–Trinajstić information content (AvgIpc) is 4.44. The summed E-state index contributed by atoms with van der Waals surface area (Å²) in [4.78, 5) is 19.5. The number of aromatic nitrogens is 6. The van der Waals surface area contributed by atoms with E-state index in [1.165, 1.54) is 0 Å². The van der Waals surface area contributed by atoms with Gasteiger partial charge in [0.15, 0.2) is 23.5 Å². The fraction of sp³-hybridized carbons (Fsp3) is 0.438. The van der Waals surface area contributed by atoms with Crippen LogP contribution in [0, 0.1) is 0 Å². The first-order valence-corrected chi connectivity index (χ1v) is 40.8. The van der Waals surface area contributed by atoms with Crippen LogP contribution in [0.5, 0.6) is 12.0 Å². The zero-order valence-electron chi connectivity index (χ0n) is 50.2. The minimum Gasteiger partial charge on any atom is -0.456 e. The maximum Gasteiger partial charge on any atom is 0.301 e. The van der Waals surface area contributed by atoms with Gasteiger partial charge in [-0.05, 0) is 83.6 Å². The Kier molecular flexibility index (Phi) is 19.0. The normalized spacial score (nSPS) is 23.1. The Bertz CT molecular complexity index is 3890. The Morgan fingerprint density at radius 1 is 0.557 bits per heavy atom. The van der Waals surface area contributed by atoms with E-state index in [1.807, 2.05) is 88.0 Å². The SMILES string of the molecule is C[Si](C)(C)CCOCn1c(O[C@@H]2CO[C@H]3[C@@H]2OC[C@H]3O)nc2cc(Cl)c(-c3ccc(-c4ccc(Br)cc4)cc3)nc21.C[Si](C)(C)CCOCn1c(O[C@@H]2CO[C@H]3[C@@H]2OC[C@H]3O)nc2cc(Cl)c(-c3ccc(-c4ccc(N=S5(=O)CCCC5)cc4)cc3)nc21. The summed E-state index contributed by atoms with van der Waals surface area (Å²) in [5.41, 5.74) is 10.5. The smallest absolute Gasteiger partial charge is 0.301 e. The molecule has 8 aromatic rings. The van der Waals surface area contributed by atoms with Crippen LogP contribution in [0.2, 0.25) is 61.4 Å². The van der Waals surface area contributed by atoms with Crippen molar-refractivity contribution in [2.24, 2.45) is 4.36 Å². The van der Waals surface area contributed by atoms with Gasteiger partial charge in [-0.2, -0.15) is 14.3 Å². The van der Waals surface area contributed by atoms with E-state index in [1.54, 1.807) is 6.07 Å². The first-order valence-electron chi connectivity index (χ1n) is 30.0. The van der Waals surface area contributed by atoms with Crippen molar-refractivity contribution in [2.75, 3.05) is 51.1 Å². The second-order valence-corrected chi connectivity index (χ2v) is 41.0. The molecule has 0 aliphatic carbocycles. The lowest BCUT2D eigenvalue weighted by molar-refractivity contribution is 0.00332. The topological polar surface area (TPSA) is 205 Å². The summed E-state index contributed by atoms with van der Waals surface area (Å²) in [5, 5.41) is 21.3. The second-order valence-electron chi connectivity index (χ2n) is 25.5. The maximum absolute atomic E-state index is 12.8. The molecule has 0 spiro atoms. The van der Waals surface area contributed by atoms with Gasteiger partial charge in [0.1, 0.15) is 61.1 Å². The van der Waals surface area contributed by atoms with Crippen molar-refractivity contribution in [1.82, 2.24) is 29.1 Å². The molecule has 24 heteroatoms. The van der Waals surface area contributed by atoms with Crippen molar-refractivity contribution in [3.8, 4) is 56.8 Å². The molecule has 0 amide bonds. The number of benzene rings is 4. The highest BCUT2D eigenvalue weighted by Crippen LogP contribution is 2.38. The van der Waals surface area contributed by atoms with Crippen LogP contribution in [0.15, 0.2) is 118 Å². The van der Waals surface area contributed by atoms with Crippen LogP contribution in [0.25, 0.3) is 67.1 Å². The Balaban J connectivity index is 0.000000173. The third-order valence-electron chi connectivity index (χ3n) is 16.3. The highest BCUT2D eigenvalue weighted by atomic mass is 79.9. The van der Waals surface area contributed by atoms with Crippen LogP contribution in [0.1, 0.15) is 12.8 Å². The van der Waals surface area contributed by atoms with Crippen LogP contribution in [0.3, 0.4) is 0 Å². The van der Waals surface area contributed by atoms with Gasteiger partial charge in [0.2, 0.25) is 0 Å². The quantitative estimate of drug-likeness (QED) is 0.0571. The number of pyridine rings is 2. The van der Waals surface area contributed by atoms with E-state index in [2.05, 4.69) is 83.8 Å². The van der Waals surface area contributed by atoms with E-state index in [0.29, 0.717) is 87.1 Å². The third kappa shape index (κ3) is 14.5. The van der Waals surface area contributed by atoms with E-state index in [9.17, 15) is 14.4 Å². The lowest BCUT2D eigenvalue weighted by Crippen LogP contribution is -2.35. The van der Waals surface area contributed by atoms with E-state index < -0.39 is 62.5 Å². The molecule has 4 aromatic heterocycles. The second kappa shape index (κ2) is 26.6. The van der Waals surface area contributed by atoms with Gasteiger partial charge in [-0.3, -0.25) is 9.13 Å².